The van der Waals surface area contributed by atoms with Gasteiger partial charge in [0, 0.05) is 25.8 Å². The molecule has 0 radical (unpaired) electrons. The molecule has 0 saturated carbocycles. The summed E-state index contributed by atoms with van der Waals surface area (Å²) in [5, 5.41) is 5.96. The van der Waals surface area contributed by atoms with Crippen molar-refractivity contribution in [2.24, 2.45) is 7.05 Å². The highest BCUT2D eigenvalue weighted by atomic mass is 16.2. The number of nitrogens with one attached hydrogen (secondary N) is 3. The molecule has 7 nitrogen and oxygen atoms in total. The zero-order chi connectivity index (χ0) is 13.1. The molecule has 98 valence electrons. The Morgan fingerprint density at radius 2 is 2.28 bits per heavy atom. The molecule has 7 heteroatoms. The Kier molecular flexibility index (Phi) is 3.61. The van der Waals surface area contributed by atoms with Gasteiger partial charge >= 0.3 is 5.69 Å². The van der Waals surface area contributed by atoms with Crippen molar-refractivity contribution >= 4 is 5.91 Å². The number of amides is 1. The molecule has 1 aromatic rings. The Bertz CT molecular complexity index is 554. The summed E-state index contributed by atoms with van der Waals surface area (Å²) in [6.07, 6.45) is 3.14. The Labute approximate surface area is 103 Å². The highest BCUT2D eigenvalue weighted by molar-refractivity contribution is 5.93. The molecule has 0 spiro atoms. The normalized spacial score (nSPS) is 19.5. The SMILES string of the molecule is Cn1cc(C(=O)N[C@H]2CCCNC2)c(=O)[nH]c1=O. The van der Waals surface area contributed by atoms with Crippen LogP contribution in [0.3, 0.4) is 0 Å². The lowest BCUT2D eigenvalue weighted by Crippen LogP contribution is -2.47. The summed E-state index contributed by atoms with van der Waals surface area (Å²) < 4.78 is 1.18. The van der Waals surface area contributed by atoms with E-state index in [0.717, 1.165) is 19.4 Å². The third kappa shape index (κ3) is 2.67. The summed E-state index contributed by atoms with van der Waals surface area (Å²) in [6.45, 7) is 1.65. The molecule has 2 heterocycles. The Hall–Kier alpha value is -1.89. The van der Waals surface area contributed by atoms with E-state index in [1.54, 1.807) is 0 Å². The van der Waals surface area contributed by atoms with E-state index < -0.39 is 17.2 Å². The molecule has 18 heavy (non-hydrogen) atoms. The number of hydrogen-bond acceptors (Lipinski definition) is 4. The summed E-state index contributed by atoms with van der Waals surface area (Å²) >= 11 is 0. The number of aromatic nitrogens is 2. The maximum atomic E-state index is 11.9. The minimum atomic E-state index is -0.653. The van der Waals surface area contributed by atoms with E-state index in [1.807, 2.05) is 0 Å². The van der Waals surface area contributed by atoms with Crippen LogP contribution in [0, 0.1) is 0 Å². The summed E-state index contributed by atoms with van der Waals surface area (Å²) in [5.74, 6) is -0.444. The van der Waals surface area contributed by atoms with Crippen LogP contribution in [0.1, 0.15) is 23.2 Å². The topological polar surface area (TPSA) is 96.0 Å². The third-order valence-electron chi connectivity index (χ3n) is 2.98. The average molecular weight is 252 g/mol. The first-order valence-corrected chi connectivity index (χ1v) is 5.89. The average Bonchev–Trinajstić information content (AvgIpc) is 2.35. The van der Waals surface area contributed by atoms with Gasteiger partial charge in [-0.05, 0) is 19.4 Å². The minimum Gasteiger partial charge on any atom is -0.348 e. The first-order valence-electron chi connectivity index (χ1n) is 5.89. The number of rotatable bonds is 2. The van der Waals surface area contributed by atoms with Gasteiger partial charge in [0.15, 0.2) is 0 Å². The second-order valence-electron chi connectivity index (χ2n) is 4.43. The summed E-state index contributed by atoms with van der Waals surface area (Å²) in [6, 6.07) is 0.0304. The van der Waals surface area contributed by atoms with Gasteiger partial charge in [0.1, 0.15) is 5.56 Å². The number of carbonyl (C=O) groups excluding carboxylic acids is 1. The molecule has 0 aliphatic carbocycles. The van der Waals surface area contributed by atoms with Crippen molar-refractivity contribution < 1.29 is 4.79 Å². The Morgan fingerprint density at radius 1 is 1.50 bits per heavy atom. The Balaban J connectivity index is 2.16. The third-order valence-corrected chi connectivity index (χ3v) is 2.98. The van der Waals surface area contributed by atoms with Gasteiger partial charge in [-0.1, -0.05) is 0 Å². The molecule has 0 aromatic carbocycles. The van der Waals surface area contributed by atoms with Crippen molar-refractivity contribution in [2.45, 2.75) is 18.9 Å². The molecule has 3 N–H and O–H groups in total. The zero-order valence-electron chi connectivity index (χ0n) is 10.2. The second-order valence-corrected chi connectivity index (χ2v) is 4.43. The second kappa shape index (κ2) is 5.18. The smallest absolute Gasteiger partial charge is 0.328 e. The maximum Gasteiger partial charge on any atom is 0.328 e. The van der Waals surface area contributed by atoms with E-state index in [0.29, 0.717) is 6.54 Å². The van der Waals surface area contributed by atoms with Gasteiger partial charge in [-0.3, -0.25) is 14.6 Å². The maximum absolute atomic E-state index is 11.9. The van der Waals surface area contributed by atoms with Crippen molar-refractivity contribution in [2.75, 3.05) is 13.1 Å². The molecule has 1 atom stereocenters. The molecule has 1 amide bonds. The molecular weight excluding hydrogens is 236 g/mol. The molecule has 1 fully saturated rings. The zero-order valence-corrected chi connectivity index (χ0v) is 10.2. The fourth-order valence-electron chi connectivity index (χ4n) is 1.96. The van der Waals surface area contributed by atoms with Gasteiger partial charge in [-0.2, -0.15) is 0 Å². The van der Waals surface area contributed by atoms with Crippen molar-refractivity contribution in [3.8, 4) is 0 Å². The highest BCUT2D eigenvalue weighted by Gasteiger charge is 2.18. The number of carbonyl (C=O) groups is 1. The van der Waals surface area contributed by atoms with Crippen LogP contribution in [0.5, 0.6) is 0 Å². The summed E-state index contributed by atoms with van der Waals surface area (Å²) in [4.78, 5) is 36.7. The van der Waals surface area contributed by atoms with Gasteiger partial charge in [0.05, 0.1) is 0 Å². The molecule has 1 aliphatic heterocycles. The van der Waals surface area contributed by atoms with Gasteiger partial charge in [0.25, 0.3) is 11.5 Å². The van der Waals surface area contributed by atoms with Gasteiger partial charge < -0.3 is 15.2 Å². The number of hydrogen-bond donors (Lipinski definition) is 3. The highest BCUT2D eigenvalue weighted by Crippen LogP contribution is 2.02. The van der Waals surface area contributed by atoms with Crippen molar-refractivity contribution in [3.05, 3.63) is 32.6 Å². The fourth-order valence-corrected chi connectivity index (χ4v) is 1.96. The van der Waals surface area contributed by atoms with Crippen molar-refractivity contribution in [1.82, 2.24) is 20.2 Å². The number of nitrogens with zero attached hydrogens (tertiary/aromatic N) is 1. The summed E-state index contributed by atoms with van der Waals surface area (Å²) in [5.41, 5.74) is -1.22. The predicted molar refractivity (Wildman–Crippen MR) is 65.7 cm³/mol. The lowest BCUT2D eigenvalue weighted by Gasteiger charge is -2.23. The number of aromatic amines is 1. The quantitative estimate of drug-likeness (QED) is 0.600. The predicted octanol–water partition coefficient (Wildman–Crippen LogP) is -1.44. The van der Waals surface area contributed by atoms with Crippen LogP contribution in [-0.4, -0.2) is 34.6 Å². The Morgan fingerprint density at radius 3 is 2.94 bits per heavy atom. The number of aryl methyl sites for hydroxylation is 1. The molecule has 1 saturated heterocycles. The van der Waals surface area contributed by atoms with Crippen LogP contribution >= 0.6 is 0 Å². The van der Waals surface area contributed by atoms with Crippen LogP contribution in [0.25, 0.3) is 0 Å². The van der Waals surface area contributed by atoms with Crippen LogP contribution in [0.4, 0.5) is 0 Å². The van der Waals surface area contributed by atoms with Gasteiger partial charge in [0.2, 0.25) is 0 Å². The van der Waals surface area contributed by atoms with Gasteiger partial charge in [-0.25, -0.2) is 4.79 Å². The van der Waals surface area contributed by atoms with Crippen molar-refractivity contribution in [1.29, 1.82) is 0 Å². The molecule has 0 unspecified atom stereocenters. The molecule has 1 aliphatic rings. The van der Waals surface area contributed by atoms with E-state index >= 15 is 0 Å². The standard InChI is InChI=1S/C11H16N4O3/c1-15-6-8(10(17)14-11(15)18)9(16)13-7-3-2-4-12-5-7/h6-7,12H,2-5H2,1H3,(H,13,16)(H,14,17,18)/t7-/m0/s1. The number of piperidine rings is 1. The number of H-pyrrole nitrogens is 1. The van der Waals surface area contributed by atoms with Crippen LogP contribution < -0.4 is 21.9 Å². The summed E-state index contributed by atoms with van der Waals surface area (Å²) in [7, 11) is 1.48. The van der Waals surface area contributed by atoms with E-state index in [4.69, 9.17) is 0 Å². The molecule has 0 bridgehead atoms. The monoisotopic (exact) mass is 252 g/mol. The lowest BCUT2D eigenvalue weighted by atomic mass is 10.1. The largest absolute Gasteiger partial charge is 0.348 e. The van der Waals surface area contributed by atoms with Crippen LogP contribution in [0.15, 0.2) is 15.8 Å². The van der Waals surface area contributed by atoms with Crippen LogP contribution in [0.2, 0.25) is 0 Å². The minimum absolute atomic E-state index is 0.0304. The van der Waals surface area contributed by atoms with Crippen LogP contribution in [-0.2, 0) is 7.05 Å². The molecular formula is C11H16N4O3. The van der Waals surface area contributed by atoms with Crippen molar-refractivity contribution in [3.63, 3.8) is 0 Å². The van der Waals surface area contributed by atoms with E-state index in [-0.39, 0.29) is 11.6 Å². The van der Waals surface area contributed by atoms with E-state index in [9.17, 15) is 14.4 Å². The van der Waals surface area contributed by atoms with E-state index in [2.05, 4.69) is 15.6 Å². The molecule has 1 aromatic heterocycles. The van der Waals surface area contributed by atoms with E-state index in [1.165, 1.54) is 17.8 Å². The van der Waals surface area contributed by atoms with Gasteiger partial charge in [-0.15, -0.1) is 0 Å². The molecule has 2 rings (SSSR count). The lowest BCUT2D eigenvalue weighted by molar-refractivity contribution is 0.0928. The first-order chi connectivity index (χ1) is 8.58. The first kappa shape index (κ1) is 12.6. The fraction of sp³-hybridized carbons (Fsp3) is 0.545.